The molecule has 3 atom stereocenters. The average Bonchev–Trinajstić information content (AvgIpc) is 2.65. The third-order valence-corrected chi connectivity index (χ3v) is 4.01. The molecule has 0 radical (unpaired) electrons. The Hall–Kier alpha value is -0.610. The first-order valence-electron chi connectivity index (χ1n) is 7.27. The van der Waals surface area contributed by atoms with Gasteiger partial charge < -0.3 is 9.64 Å². The zero-order valence-electron chi connectivity index (χ0n) is 11.8. The zero-order valence-corrected chi connectivity index (χ0v) is 11.8. The molecule has 0 aromatic carbocycles. The molecule has 1 N–H and O–H groups in total. The standard InChI is InChI=1S/C14H26N2O2/c1-10(2)13-15-11(3)14(17)16(13)8-7-12-6-4-5-9-18-12/h10-13,15H,4-9H2,1-3H3. The zero-order chi connectivity index (χ0) is 13.1. The van der Waals surface area contributed by atoms with Crippen molar-refractivity contribution in [3.8, 4) is 0 Å². The largest absolute Gasteiger partial charge is 0.378 e. The molecule has 0 aliphatic carbocycles. The van der Waals surface area contributed by atoms with E-state index in [-0.39, 0.29) is 18.1 Å². The van der Waals surface area contributed by atoms with Crippen LogP contribution in [0.25, 0.3) is 0 Å². The van der Waals surface area contributed by atoms with Crippen LogP contribution in [-0.2, 0) is 9.53 Å². The number of hydrogen-bond acceptors (Lipinski definition) is 3. The first kappa shape index (κ1) is 13.8. The van der Waals surface area contributed by atoms with Gasteiger partial charge in [0.2, 0.25) is 5.91 Å². The number of hydrogen-bond donors (Lipinski definition) is 1. The van der Waals surface area contributed by atoms with Gasteiger partial charge in [0.1, 0.15) is 0 Å². The molecular formula is C14H26N2O2. The van der Waals surface area contributed by atoms with Crippen molar-refractivity contribution in [2.75, 3.05) is 13.2 Å². The molecule has 2 aliphatic heterocycles. The Kier molecular flexibility index (Phi) is 4.62. The number of rotatable bonds is 4. The summed E-state index contributed by atoms with van der Waals surface area (Å²) >= 11 is 0. The Bertz CT molecular complexity index is 288. The van der Waals surface area contributed by atoms with E-state index in [1.165, 1.54) is 12.8 Å². The minimum absolute atomic E-state index is 0.0373. The lowest BCUT2D eigenvalue weighted by Gasteiger charge is -2.30. The van der Waals surface area contributed by atoms with Crippen LogP contribution < -0.4 is 5.32 Å². The highest BCUT2D eigenvalue weighted by Crippen LogP contribution is 2.21. The van der Waals surface area contributed by atoms with Crippen molar-refractivity contribution in [1.82, 2.24) is 10.2 Å². The summed E-state index contributed by atoms with van der Waals surface area (Å²) in [5, 5.41) is 3.38. The van der Waals surface area contributed by atoms with E-state index in [4.69, 9.17) is 4.74 Å². The molecule has 0 saturated carbocycles. The molecule has 2 rings (SSSR count). The molecule has 0 aromatic heterocycles. The van der Waals surface area contributed by atoms with Gasteiger partial charge in [0.25, 0.3) is 0 Å². The summed E-state index contributed by atoms with van der Waals surface area (Å²) in [5.41, 5.74) is 0. The van der Waals surface area contributed by atoms with Crippen LogP contribution in [0.15, 0.2) is 0 Å². The minimum atomic E-state index is -0.0373. The second-order valence-corrected chi connectivity index (χ2v) is 5.89. The molecule has 2 saturated heterocycles. The molecule has 4 heteroatoms. The van der Waals surface area contributed by atoms with Crippen LogP contribution in [-0.4, -0.2) is 42.3 Å². The van der Waals surface area contributed by atoms with Crippen molar-refractivity contribution < 1.29 is 9.53 Å². The summed E-state index contributed by atoms with van der Waals surface area (Å²) < 4.78 is 5.74. The number of ether oxygens (including phenoxy) is 1. The summed E-state index contributed by atoms with van der Waals surface area (Å²) in [6, 6.07) is -0.0373. The Morgan fingerprint density at radius 1 is 1.44 bits per heavy atom. The van der Waals surface area contributed by atoms with E-state index in [2.05, 4.69) is 19.2 Å². The fourth-order valence-corrected chi connectivity index (χ4v) is 2.92. The molecule has 2 fully saturated rings. The lowest BCUT2D eigenvalue weighted by molar-refractivity contribution is -0.130. The van der Waals surface area contributed by atoms with Crippen LogP contribution in [0, 0.1) is 5.92 Å². The third-order valence-electron chi connectivity index (χ3n) is 4.01. The number of amides is 1. The van der Waals surface area contributed by atoms with E-state index in [1.54, 1.807) is 0 Å². The molecule has 2 heterocycles. The van der Waals surface area contributed by atoms with Crippen molar-refractivity contribution in [2.24, 2.45) is 5.92 Å². The highest BCUT2D eigenvalue weighted by molar-refractivity contribution is 5.83. The van der Waals surface area contributed by atoms with E-state index in [0.717, 1.165) is 26.0 Å². The smallest absolute Gasteiger partial charge is 0.240 e. The summed E-state index contributed by atoms with van der Waals surface area (Å²) in [7, 11) is 0. The van der Waals surface area contributed by atoms with Crippen LogP contribution in [0.4, 0.5) is 0 Å². The van der Waals surface area contributed by atoms with Gasteiger partial charge >= 0.3 is 0 Å². The summed E-state index contributed by atoms with van der Waals surface area (Å²) in [5.74, 6) is 0.690. The summed E-state index contributed by atoms with van der Waals surface area (Å²) in [6.45, 7) is 7.99. The van der Waals surface area contributed by atoms with Gasteiger partial charge in [-0.2, -0.15) is 0 Å². The van der Waals surface area contributed by atoms with Crippen molar-refractivity contribution in [3.05, 3.63) is 0 Å². The Labute approximate surface area is 110 Å². The van der Waals surface area contributed by atoms with Crippen LogP contribution in [0.2, 0.25) is 0 Å². The molecule has 2 aliphatic rings. The van der Waals surface area contributed by atoms with Gasteiger partial charge in [-0.15, -0.1) is 0 Å². The van der Waals surface area contributed by atoms with Gasteiger partial charge in [0.15, 0.2) is 0 Å². The second-order valence-electron chi connectivity index (χ2n) is 5.89. The van der Waals surface area contributed by atoms with E-state index in [0.29, 0.717) is 12.0 Å². The molecular weight excluding hydrogens is 228 g/mol. The fourth-order valence-electron chi connectivity index (χ4n) is 2.92. The van der Waals surface area contributed by atoms with Gasteiger partial charge in [-0.25, -0.2) is 0 Å². The molecule has 0 bridgehead atoms. The van der Waals surface area contributed by atoms with Crippen LogP contribution in [0.1, 0.15) is 46.5 Å². The maximum Gasteiger partial charge on any atom is 0.240 e. The minimum Gasteiger partial charge on any atom is -0.378 e. The van der Waals surface area contributed by atoms with Gasteiger partial charge in [-0.05, 0) is 38.5 Å². The molecule has 0 spiro atoms. The number of carbonyl (C=O) groups is 1. The van der Waals surface area contributed by atoms with Gasteiger partial charge in [-0.3, -0.25) is 10.1 Å². The van der Waals surface area contributed by atoms with Crippen LogP contribution in [0.5, 0.6) is 0 Å². The first-order valence-corrected chi connectivity index (χ1v) is 7.27. The molecule has 3 unspecified atom stereocenters. The lowest BCUT2D eigenvalue weighted by Crippen LogP contribution is -2.42. The molecule has 18 heavy (non-hydrogen) atoms. The normalized spacial score (nSPS) is 33.4. The number of carbonyl (C=O) groups excluding carboxylic acids is 1. The van der Waals surface area contributed by atoms with Crippen LogP contribution in [0.3, 0.4) is 0 Å². The van der Waals surface area contributed by atoms with Crippen LogP contribution >= 0.6 is 0 Å². The van der Waals surface area contributed by atoms with E-state index >= 15 is 0 Å². The fraction of sp³-hybridized carbons (Fsp3) is 0.929. The third kappa shape index (κ3) is 3.04. The molecule has 4 nitrogen and oxygen atoms in total. The van der Waals surface area contributed by atoms with Gasteiger partial charge in [-0.1, -0.05) is 13.8 Å². The quantitative estimate of drug-likeness (QED) is 0.831. The second kappa shape index (κ2) is 6.02. The van der Waals surface area contributed by atoms with Gasteiger partial charge in [0.05, 0.1) is 18.3 Å². The Balaban J connectivity index is 1.87. The SMILES string of the molecule is CC1NC(C(C)C)N(CCC2CCCCO2)C1=O. The topological polar surface area (TPSA) is 41.6 Å². The highest BCUT2D eigenvalue weighted by Gasteiger charge is 2.37. The first-order chi connectivity index (χ1) is 8.59. The monoisotopic (exact) mass is 254 g/mol. The highest BCUT2D eigenvalue weighted by atomic mass is 16.5. The van der Waals surface area contributed by atoms with E-state index < -0.39 is 0 Å². The predicted molar refractivity (Wildman–Crippen MR) is 71.1 cm³/mol. The van der Waals surface area contributed by atoms with Crippen molar-refractivity contribution in [3.63, 3.8) is 0 Å². The molecule has 1 amide bonds. The number of nitrogens with one attached hydrogen (secondary N) is 1. The van der Waals surface area contributed by atoms with Crippen molar-refractivity contribution in [1.29, 1.82) is 0 Å². The Morgan fingerprint density at radius 2 is 2.22 bits per heavy atom. The molecule has 0 aromatic rings. The maximum atomic E-state index is 12.1. The summed E-state index contributed by atoms with van der Waals surface area (Å²) in [6.07, 6.45) is 5.12. The van der Waals surface area contributed by atoms with Crippen molar-refractivity contribution >= 4 is 5.91 Å². The predicted octanol–water partition coefficient (Wildman–Crippen LogP) is 1.75. The van der Waals surface area contributed by atoms with Gasteiger partial charge in [0, 0.05) is 13.2 Å². The average molecular weight is 254 g/mol. The van der Waals surface area contributed by atoms with E-state index in [9.17, 15) is 4.79 Å². The number of nitrogens with zero attached hydrogens (tertiary/aromatic N) is 1. The Morgan fingerprint density at radius 3 is 2.83 bits per heavy atom. The lowest BCUT2D eigenvalue weighted by atomic mass is 10.1. The molecule has 104 valence electrons. The summed E-state index contributed by atoms with van der Waals surface area (Å²) in [4.78, 5) is 14.1. The van der Waals surface area contributed by atoms with E-state index in [1.807, 2.05) is 11.8 Å². The maximum absolute atomic E-state index is 12.1. The van der Waals surface area contributed by atoms with Crippen molar-refractivity contribution in [2.45, 2.75) is 64.8 Å².